The van der Waals surface area contributed by atoms with Crippen LogP contribution in [0.1, 0.15) is 56.0 Å². The van der Waals surface area contributed by atoms with Crippen molar-refractivity contribution in [3.05, 3.63) is 32.2 Å². The van der Waals surface area contributed by atoms with Gasteiger partial charge >= 0.3 is 0 Å². The molecule has 0 radical (unpaired) electrons. The largest absolute Gasteiger partial charge is 0.117 e. The van der Waals surface area contributed by atoms with Crippen LogP contribution in [0.2, 0.25) is 0 Å². The first-order valence-electron chi connectivity index (χ1n) is 6.60. The van der Waals surface area contributed by atoms with Gasteiger partial charge in [-0.2, -0.15) is 0 Å². The molecule has 0 spiro atoms. The van der Waals surface area contributed by atoms with E-state index in [1.165, 1.54) is 30.4 Å². The molecule has 0 aliphatic rings. The standard InChI is InChI=1S/C15H21Br2Cl/c1-4-6-7-11(5-2)15(18)12-9-13(16)10(3)8-14(12)17/h8-9,11,15H,4-7H2,1-3H3. The van der Waals surface area contributed by atoms with Gasteiger partial charge in [0, 0.05) is 8.95 Å². The minimum atomic E-state index is 0.0906. The van der Waals surface area contributed by atoms with Gasteiger partial charge in [0.15, 0.2) is 0 Å². The number of unbranched alkanes of at least 4 members (excludes halogenated alkanes) is 1. The number of hydrogen-bond acceptors (Lipinski definition) is 0. The molecule has 1 aromatic carbocycles. The highest BCUT2D eigenvalue weighted by Crippen LogP contribution is 2.40. The number of rotatable bonds is 6. The Morgan fingerprint density at radius 1 is 1.17 bits per heavy atom. The lowest BCUT2D eigenvalue weighted by molar-refractivity contribution is 0.436. The predicted molar refractivity (Wildman–Crippen MR) is 88.5 cm³/mol. The van der Waals surface area contributed by atoms with Gasteiger partial charge in [0.1, 0.15) is 0 Å². The zero-order valence-electron chi connectivity index (χ0n) is 11.3. The summed E-state index contributed by atoms with van der Waals surface area (Å²) in [6.45, 7) is 6.55. The quantitative estimate of drug-likeness (QED) is 0.453. The van der Waals surface area contributed by atoms with Gasteiger partial charge < -0.3 is 0 Å². The average molecular weight is 397 g/mol. The van der Waals surface area contributed by atoms with Gasteiger partial charge in [0.2, 0.25) is 0 Å². The zero-order valence-corrected chi connectivity index (χ0v) is 15.2. The predicted octanol–water partition coefficient (Wildman–Crippen LogP) is 7.02. The van der Waals surface area contributed by atoms with Gasteiger partial charge in [0.05, 0.1) is 5.38 Å². The Labute approximate surface area is 133 Å². The van der Waals surface area contributed by atoms with Crippen LogP contribution in [0.15, 0.2) is 21.1 Å². The maximum absolute atomic E-state index is 6.69. The van der Waals surface area contributed by atoms with E-state index in [4.69, 9.17) is 11.6 Å². The Hall–Kier alpha value is 0.470. The van der Waals surface area contributed by atoms with Gasteiger partial charge in [-0.05, 0) is 42.5 Å². The summed E-state index contributed by atoms with van der Waals surface area (Å²) >= 11 is 13.9. The summed E-state index contributed by atoms with van der Waals surface area (Å²) in [5.41, 5.74) is 2.44. The van der Waals surface area contributed by atoms with Crippen LogP contribution in [0.25, 0.3) is 0 Å². The minimum Gasteiger partial charge on any atom is -0.117 e. The van der Waals surface area contributed by atoms with E-state index in [1.807, 2.05) is 0 Å². The summed E-state index contributed by atoms with van der Waals surface area (Å²) in [4.78, 5) is 0. The minimum absolute atomic E-state index is 0.0906. The summed E-state index contributed by atoms with van der Waals surface area (Å²) in [5.74, 6) is 0.553. The van der Waals surface area contributed by atoms with E-state index in [1.54, 1.807) is 0 Å². The van der Waals surface area contributed by atoms with Crippen LogP contribution in [-0.4, -0.2) is 0 Å². The summed E-state index contributed by atoms with van der Waals surface area (Å²) in [5, 5.41) is 0.0906. The molecule has 0 bridgehead atoms. The molecule has 2 unspecified atom stereocenters. The van der Waals surface area contributed by atoms with Gasteiger partial charge in [-0.3, -0.25) is 0 Å². The average Bonchev–Trinajstić information content (AvgIpc) is 2.34. The van der Waals surface area contributed by atoms with E-state index in [0.717, 1.165) is 15.4 Å². The summed E-state index contributed by atoms with van der Waals surface area (Å²) in [7, 11) is 0. The fourth-order valence-corrected chi connectivity index (χ4v) is 3.83. The van der Waals surface area contributed by atoms with E-state index < -0.39 is 0 Å². The van der Waals surface area contributed by atoms with Crippen molar-refractivity contribution in [3.63, 3.8) is 0 Å². The maximum Gasteiger partial charge on any atom is 0.0624 e. The molecule has 0 nitrogen and oxygen atoms in total. The first-order chi connectivity index (χ1) is 8.51. The van der Waals surface area contributed by atoms with E-state index in [-0.39, 0.29) is 5.38 Å². The monoisotopic (exact) mass is 394 g/mol. The van der Waals surface area contributed by atoms with Crippen LogP contribution >= 0.6 is 43.5 Å². The molecular weight excluding hydrogens is 375 g/mol. The summed E-state index contributed by atoms with van der Waals surface area (Å²) in [6.07, 6.45) is 4.83. The number of benzene rings is 1. The van der Waals surface area contributed by atoms with Gasteiger partial charge in [-0.25, -0.2) is 0 Å². The molecule has 0 fully saturated rings. The van der Waals surface area contributed by atoms with Crippen molar-refractivity contribution >= 4 is 43.5 Å². The highest BCUT2D eigenvalue weighted by atomic mass is 79.9. The highest BCUT2D eigenvalue weighted by molar-refractivity contribution is 9.11. The lowest BCUT2D eigenvalue weighted by Gasteiger charge is -2.22. The third kappa shape index (κ3) is 4.25. The summed E-state index contributed by atoms with van der Waals surface area (Å²) < 4.78 is 2.26. The second-order valence-electron chi connectivity index (χ2n) is 4.84. The number of aryl methyl sites for hydroxylation is 1. The Morgan fingerprint density at radius 3 is 2.39 bits per heavy atom. The number of halogens is 3. The molecule has 0 saturated heterocycles. The summed E-state index contributed by atoms with van der Waals surface area (Å²) in [6, 6.07) is 4.30. The maximum atomic E-state index is 6.69. The molecule has 2 atom stereocenters. The van der Waals surface area contributed by atoms with Crippen LogP contribution < -0.4 is 0 Å². The third-order valence-electron chi connectivity index (χ3n) is 3.44. The molecule has 0 N–H and O–H groups in total. The van der Waals surface area contributed by atoms with Crippen molar-refractivity contribution in [1.29, 1.82) is 0 Å². The van der Waals surface area contributed by atoms with Crippen molar-refractivity contribution in [2.75, 3.05) is 0 Å². The molecule has 18 heavy (non-hydrogen) atoms. The van der Waals surface area contributed by atoms with Gasteiger partial charge in [-0.1, -0.05) is 65.0 Å². The molecule has 1 aromatic rings. The molecule has 0 saturated carbocycles. The molecule has 0 aromatic heterocycles. The topological polar surface area (TPSA) is 0 Å². The first-order valence-corrected chi connectivity index (χ1v) is 8.63. The van der Waals surface area contributed by atoms with E-state index in [0.29, 0.717) is 5.92 Å². The van der Waals surface area contributed by atoms with Crippen molar-refractivity contribution in [1.82, 2.24) is 0 Å². The van der Waals surface area contributed by atoms with Crippen molar-refractivity contribution in [3.8, 4) is 0 Å². The van der Waals surface area contributed by atoms with Crippen LogP contribution in [0.5, 0.6) is 0 Å². The molecule has 0 heterocycles. The van der Waals surface area contributed by atoms with Crippen LogP contribution in [0.3, 0.4) is 0 Å². The van der Waals surface area contributed by atoms with Gasteiger partial charge in [-0.15, -0.1) is 11.6 Å². The fourth-order valence-electron chi connectivity index (χ4n) is 2.15. The second kappa shape index (κ2) is 7.91. The lowest BCUT2D eigenvalue weighted by Crippen LogP contribution is -2.08. The van der Waals surface area contributed by atoms with Gasteiger partial charge in [0.25, 0.3) is 0 Å². The second-order valence-corrected chi connectivity index (χ2v) is 7.01. The Kier molecular flexibility index (Phi) is 7.27. The fraction of sp³-hybridized carbons (Fsp3) is 0.600. The normalized spacial score (nSPS) is 14.6. The Balaban J connectivity index is 2.94. The van der Waals surface area contributed by atoms with Crippen LogP contribution in [-0.2, 0) is 0 Å². The SMILES string of the molecule is CCCCC(CC)C(Cl)c1cc(Br)c(C)cc1Br. The van der Waals surface area contributed by atoms with Crippen LogP contribution in [0, 0.1) is 12.8 Å². The van der Waals surface area contributed by atoms with Crippen molar-refractivity contribution in [2.45, 2.75) is 51.8 Å². The molecule has 102 valence electrons. The van der Waals surface area contributed by atoms with E-state index in [9.17, 15) is 0 Å². The molecule has 0 aliphatic carbocycles. The molecule has 1 rings (SSSR count). The third-order valence-corrected chi connectivity index (χ3v) is 5.57. The number of hydrogen-bond donors (Lipinski definition) is 0. The van der Waals surface area contributed by atoms with Crippen molar-refractivity contribution < 1.29 is 0 Å². The smallest absolute Gasteiger partial charge is 0.0624 e. The highest BCUT2D eigenvalue weighted by Gasteiger charge is 2.21. The zero-order chi connectivity index (χ0) is 13.7. The molecular formula is C15H21Br2Cl. The van der Waals surface area contributed by atoms with E-state index in [2.05, 4.69) is 64.8 Å². The first kappa shape index (κ1) is 16.5. The number of alkyl halides is 1. The lowest BCUT2D eigenvalue weighted by atomic mass is 9.91. The van der Waals surface area contributed by atoms with E-state index >= 15 is 0 Å². The Bertz CT molecular complexity index is 390. The molecule has 3 heteroatoms. The Morgan fingerprint density at radius 2 is 1.83 bits per heavy atom. The van der Waals surface area contributed by atoms with Crippen LogP contribution in [0.4, 0.5) is 0 Å². The molecule has 0 amide bonds. The van der Waals surface area contributed by atoms with Crippen molar-refractivity contribution in [2.24, 2.45) is 5.92 Å². The molecule has 0 aliphatic heterocycles.